The SMILES string of the molecule is Cc1c(-c2ccc(N3CCc4cccc(C(=O)Nc5nc6ccccc6s5)c4C3)nc2C(=O)O)cnn1CC12CC3(C)CC(C)(C1)CC(OCCOCCNC(=O)OC/C=C/c1ccc(O[C@@H]4[C@@H](O)[C@H](O)[C@@H](C(=O)O)O[C@H]4O)c(NC(=O)CCNC(=O)CCCCCN4C(=O)C=CC4=O)c1)(C3)C2. The number of hydrogen-bond donors (Lipinski definition) is 9. The van der Waals surface area contributed by atoms with Gasteiger partial charge in [-0.1, -0.05) is 68.0 Å². The summed E-state index contributed by atoms with van der Waals surface area (Å²) in [6.07, 6.45) is 4.99. The molecule has 0 spiro atoms. The highest BCUT2D eigenvalue weighted by Gasteiger charge is 2.66. The van der Waals surface area contributed by atoms with Crippen molar-refractivity contribution in [1.82, 2.24) is 35.3 Å². The van der Waals surface area contributed by atoms with Crippen molar-refractivity contribution >= 4 is 91.8 Å². The molecule has 7 aliphatic rings. The van der Waals surface area contributed by atoms with Crippen LogP contribution in [0.1, 0.15) is 128 Å². The highest BCUT2D eigenvalue weighted by Crippen LogP contribution is 2.72. The summed E-state index contributed by atoms with van der Waals surface area (Å²) >= 11 is 1.41. The van der Waals surface area contributed by atoms with Crippen LogP contribution in [0, 0.1) is 23.2 Å². The number of aliphatic hydroxyl groups excluding tert-OH is 3. The quantitative estimate of drug-likeness (QED) is 0.0159. The third kappa shape index (κ3) is 16.5. The molecule has 0 radical (unpaired) electrons. The molecule has 4 bridgehead atoms. The number of amides is 6. The molecule has 9 N–H and O–H groups in total. The Morgan fingerprint density at radius 1 is 0.784 bits per heavy atom. The number of carbonyl (C=O) groups is 8. The minimum atomic E-state index is -2.00. The van der Waals surface area contributed by atoms with Crippen LogP contribution in [0.2, 0.25) is 0 Å². The van der Waals surface area contributed by atoms with E-state index in [0.29, 0.717) is 91.7 Å². The van der Waals surface area contributed by atoms with E-state index in [9.17, 15) is 63.9 Å². The number of anilines is 3. The second-order valence-corrected chi connectivity index (χ2v) is 29.2. The molecule has 3 aromatic heterocycles. The van der Waals surface area contributed by atoms with Gasteiger partial charge in [-0.15, -0.1) is 0 Å². The lowest BCUT2D eigenvalue weighted by Gasteiger charge is -2.69. The van der Waals surface area contributed by atoms with Crippen molar-refractivity contribution in [2.45, 2.75) is 147 Å². The Labute approximate surface area is 591 Å². The van der Waals surface area contributed by atoms with E-state index in [1.54, 1.807) is 30.5 Å². The molecule has 4 saturated carbocycles. The van der Waals surface area contributed by atoms with Gasteiger partial charge in [-0.3, -0.25) is 38.9 Å². The van der Waals surface area contributed by atoms with E-state index in [0.717, 1.165) is 70.5 Å². The van der Waals surface area contributed by atoms with Gasteiger partial charge in [0.2, 0.25) is 11.8 Å². The number of aromatic carboxylic acids is 1. The Morgan fingerprint density at radius 3 is 2.33 bits per heavy atom. The normalized spacial score (nSPS) is 24.9. The average molecular weight is 1420 g/mol. The lowest BCUT2D eigenvalue weighted by molar-refractivity contribution is -0.274. The predicted molar refractivity (Wildman–Crippen MR) is 372 cm³/mol. The Kier molecular flexibility index (Phi) is 21.7. The number of hydrogen-bond acceptors (Lipinski definition) is 21. The van der Waals surface area contributed by atoms with Gasteiger partial charge in [0.15, 0.2) is 29.3 Å². The van der Waals surface area contributed by atoms with E-state index in [-0.39, 0.29) is 108 Å². The number of thiazole rings is 1. The Hall–Kier alpha value is -9.49. The molecule has 1 saturated heterocycles. The second-order valence-electron chi connectivity index (χ2n) is 28.2. The molecule has 540 valence electrons. The van der Waals surface area contributed by atoms with E-state index >= 15 is 0 Å². The first-order valence-electron chi connectivity index (χ1n) is 34.3. The minimum absolute atomic E-state index is 0.0275. The van der Waals surface area contributed by atoms with Crippen LogP contribution >= 0.6 is 11.3 Å². The molecule has 5 fully saturated rings. The van der Waals surface area contributed by atoms with E-state index in [1.165, 1.54) is 35.6 Å². The zero-order valence-corrected chi connectivity index (χ0v) is 57.7. The van der Waals surface area contributed by atoms with Gasteiger partial charge < -0.3 is 70.1 Å². The van der Waals surface area contributed by atoms with Crippen LogP contribution in [0.3, 0.4) is 0 Å². The Balaban J connectivity index is 0.600. The summed E-state index contributed by atoms with van der Waals surface area (Å²) in [6.45, 7) is 9.31. The molecule has 7 atom stereocenters. The standard InChI is InChI=1S/C73H84N10O18S/c1-43-48(46-18-20-54(79-59(46)65(91)92)81-28-24-45-12-9-13-47(49(45)35-81)64(90)80-68-78-50-14-6-7-15-53(50)102-68)34-76-83(43)42-72-37-70(2)36-71(3,38-72)40-73(39-70,41-72)99-32-31-97-30-26-75-69(96)98-29-10-11-44-17-19-52(100-63-61(89)60(88)62(66(93)94)101-67(63)95)51(33-44)77-56(85)23-25-74-55(84)16-5-4-8-27-82-57(86)21-22-58(82)87/h6-7,9-15,17-22,33-34,60-63,67,88-89,95H,4-5,8,16,23-32,35-42H2,1-3H3,(H,74,84)(H,75,96)(H,77,85)(H,91,92)(H,93,94)(H,78,80,90)/b11-10+/t60-,61-,62-,63+,67+,70?,71?,72?,73?/m0/s1. The number of aliphatic carboxylic acids is 1. The third-order valence-electron chi connectivity index (χ3n) is 20.0. The van der Waals surface area contributed by atoms with Gasteiger partial charge in [0, 0.05) is 86.6 Å². The molecular weight excluding hydrogens is 1340 g/mol. The van der Waals surface area contributed by atoms with Gasteiger partial charge in [-0.05, 0) is 146 Å². The van der Waals surface area contributed by atoms with Gasteiger partial charge in [0.1, 0.15) is 30.4 Å². The number of ether oxygens (including phenoxy) is 5. The van der Waals surface area contributed by atoms with E-state index in [1.807, 2.05) is 65.0 Å². The number of nitrogens with zero attached hydrogens (tertiary/aromatic N) is 6. The van der Waals surface area contributed by atoms with E-state index in [2.05, 4.69) is 40.1 Å². The van der Waals surface area contributed by atoms with Crippen molar-refractivity contribution in [2.24, 2.45) is 16.2 Å². The number of fused-ring (bicyclic) bond motifs is 2. The van der Waals surface area contributed by atoms with Crippen molar-refractivity contribution in [1.29, 1.82) is 0 Å². The minimum Gasteiger partial charge on any atom is -0.480 e. The lowest BCUT2D eigenvalue weighted by Crippen LogP contribution is -2.64. The molecule has 6 heterocycles. The largest absolute Gasteiger partial charge is 0.480 e. The molecular formula is C73H84N10O18S. The topological polar surface area (TPSA) is 382 Å². The summed E-state index contributed by atoms with van der Waals surface area (Å²) < 4.78 is 32.1. The molecule has 2 unspecified atom stereocenters. The molecule has 28 nitrogen and oxygen atoms in total. The first-order valence-corrected chi connectivity index (χ1v) is 35.1. The summed E-state index contributed by atoms with van der Waals surface area (Å²) in [5, 5.41) is 68.4. The number of rotatable bonds is 30. The predicted octanol–water partition coefficient (Wildman–Crippen LogP) is 7.17. The highest BCUT2D eigenvalue weighted by atomic mass is 32.1. The maximum Gasteiger partial charge on any atom is 0.407 e. The molecule has 6 aromatic rings. The molecule has 4 aliphatic carbocycles. The van der Waals surface area contributed by atoms with Crippen LogP contribution in [0.15, 0.2) is 97.2 Å². The zero-order valence-electron chi connectivity index (χ0n) is 56.9. The maximum absolute atomic E-state index is 13.8. The third-order valence-corrected chi connectivity index (χ3v) is 20.9. The number of carboxylic acids is 2. The molecule has 102 heavy (non-hydrogen) atoms. The number of nitrogens with one attached hydrogen (secondary N) is 4. The first kappa shape index (κ1) is 72.3. The van der Waals surface area contributed by atoms with Crippen molar-refractivity contribution < 1.29 is 87.6 Å². The van der Waals surface area contributed by atoms with Gasteiger partial charge in [0.25, 0.3) is 17.7 Å². The Morgan fingerprint density at radius 2 is 1.57 bits per heavy atom. The van der Waals surface area contributed by atoms with Gasteiger partial charge in [-0.25, -0.2) is 24.4 Å². The number of carbonyl (C=O) groups excluding carboxylic acids is 6. The molecule has 6 amide bonds. The maximum atomic E-state index is 13.8. The molecule has 3 aromatic carbocycles. The van der Waals surface area contributed by atoms with Crippen molar-refractivity contribution in [3.8, 4) is 16.9 Å². The van der Waals surface area contributed by atoms with E-state index < -0.39 is 54.6 Å². The van der Waals surface area contributed by atoms with E-state index in [4.69, 9.17) is 33.8 Å². The summed E-state index contributed by atoms with van der Waals surface area (Å²) in [6, 6.07) is 21.5. The number of imide groups is 1. The monoisotopic (exact) mass is 1420 g/mol. The number of alkyl carbamates (subject to hydrolysis) is 1. The lowest BCUT2D eigenvalue weighted by atomic mass is 9.39. The molecule has 13 rings (SSSR count). The zero-order chi connectivity index (χ0) is 72.1. The summed E-state index contributed by atoms with van der Waals surface area (Å²) in [7, 11) is 0. The summed E-state index contributed by atoms with van der Waals surface area (Å²) in [4.78, 5) is 113. The van der Waals surface area contributed by atoms with Gasteiger partial charge >= 0.3 is 18.0 Å². The summed E-state index contributed by atoms with van der Waals surface area (Å²) in [5.41, 5.74) is 5.20. The van der Waals surface area contributed by atoms with Crippen LogP contribution < -0.4 is 30.9 Å². The summed E-state index contributed by atoms with van der Waals surface area (Å²) in [5.74, 6) is -4.28. The number of pyridine rings is 1. The van der Waals surface area contributed by atoms with Crippen molar-refractivity contribution in [3.05, 3.63) is 131 Å². The molecule has 3 aliphatic heterocycles. The van der Waals surface area contributed by atoms with Gasteiger partial charge in [-0.2, -0.15) is 5.10 Å². The van der Waals surface area contributed by atoms with Crippen molar-refractivity contribution in [3.63, 3.8) is 0 Å². The smallest absolute Gasteiger partial charge is 0.407 e. The van der Waals surface area contributed by atoms with Crippen molar-refractivity contribution in [2.75, 3.05) is 68.1 Å². The van der Waals surface area contributed by atoms with Crippen LogP contribution in [-0.4, -0.2) is 187 Å². The number of carboxylic acid groups (broad SMARTS) is 2. The fourth-order valence-corrected chi connectivity index (χ4v) is 17.5. The fraction of sp³-hybridized carbons (Fsp3) is 0.466. The molecule has 29 heteroatoms. The number of unbranched alkanes of at least 4 members (excludes halogenated alkanes) is 2. The fourth-order valence-electron chi connectivity index (χ4n) is 16.6. The van der Waals surface area contributed by atoms with Gasteiger partial charge in [0.05, 0.1) is 47.5 Å². The second kappa shape index (κ2) is 30.6. The first-order chi connectivity index (χ1) is 48.9. The number of para-hydroxylation sites is 1. The van der Waals surface area contributed by atoms with Crippen LogP contribution in [0.25, 0.3) is 27.4 Å². The van der Waals surface area contributed by atoms with Crippen LogP contribution in [-0.2, 0) is 62.4 Å². The van der Waals surface area contributed by atoms with Crippen LogP contribution in [0.5, 0.6) is 5.75 Å². The highest BCUT2D eigenvalue weighted by molar-refractivity contribution is 7.22. The number of aromatic nitrogens is 4. The Bertz CT molecular complexity index is 4200. The average Bonchev–Trinajstić information content (AvgIpc) is 0.769. The van der Waals surface area contributed by atoms with Crippen LogP contribution in [0.4, 0.5) is 21.4 Å². The number of aliphatic hydroxyl groups is 3. The number of benzene rings is 3.